The molecule has 222 valence electrons. The molecule has 0 unspecified atom stereocenters. The van der Waals surface area contributed by atoms with Gasteiger partial charge in [-0.05, 0) is 50.9 Å². The van der Waals surface area contributed by atoms with Crippen molar-refractivity contribution < 1.29 is 14.3 Å². The average molecular weight is 533 g/mol. The predicted octanol–water partition coefficient (Wildman–Crippen LogP) is 12.1. The average Bonchev–Trinajstić information content (AvgIpc) is 2.90. The Labute approximate surface area is 237 Å². The molecule has 0 bridgehead atoms. The Kier molecular flexibility index (Phi) is 30.4. The van der Waals surface area contributed by atoms with Gasteiger partial charge in [0.2, 0.25) is 0 Å². The van der Waals surface area contributed by atoms with Crippen molar-refractivity contribution in [2.24, 2.45) is 5.92 Å². The van der Waals surface area contributed by atoms with E-state index in [1.54, 1.807) is 0 Å². The number of carbonyl (C=O) groups excluding carboxylic acids is 1. The van der Waals surface area contributed by atoms with Gasteiger partial charge in [0, 0.05) is 0 Å². The number of allylic oxidation sites excluding steroid dienone is 6. The molecule has 0 fully saturated rings. The molecule has 0 aliphatic heterocycles. The summed E-state index contributed by atoms with van der Waals surface area (Å²) in [6.07, 6.45) is 40.3. The molecule has 0 spiro atoms. The molecule has 3 nitrogen and oxygen atoms in total. The Balaban J connectivity index is 3.24. The number of hydrogen-bond donors (Lipinski definition) is 0. The molecule has 0 atom stereocenters. The molecule has 0 aliphatic rings. The van der Waals surface area contributed by atoms with Crippen molar-refractivity contribution in [1.82, 2.24) is 0 Å². The minimum absolute atomic E-state index is 0.487. The van der Waals surface area contributed by atoms with Gasteiger partial charge >= 0.3 is 6.16 Å². The number of hydrogen-bond acceptors (Lipinski definition) is 3. The summed E-state index contributed by atoms with van der Waals surface area (Å²) in [5.74, 6) is 0.857. The van der Waals surface area contributed by atoms with E-state index in [4.69, 9.17) is 9.47 Å². The topological polar surface area (TPSA) is 35.5 Å². The first-order chi connectivity index (χ1) is 18.7. The lowest BCUT2D eigenvalue weighted by Gasteiger charge is -2.07. The van der Waals surface area contributed by atoms with Crippen LogP contribution in [0.4, 0.5) is 4.79 Å². The second-order valence-electron chi connectivity index (χ2n) is 11.2. The van der Waals surface area contributed by atoms with E-state index in [0.717, 1.165) is 50.9 Å². The number of rotatable bonds is 28. The van der Waals surface area contributed by atoms with Crippen LogP contribution in [0.25, 0.3) is 0 Å². The van der Waals surface area contributed by atoms with Crippen molar-refractivity contribution in [2.45, 2.75) is 162 Å². The van der Waals surface area contributed by atoms with Crippen LogP contribution in [0.5, 0.6) is 0 Å². The number of unbranched alkanes of at least 4 members (excludes halogenated alkanes) is 16. The van der Waals surface area contributed by atoms with Crippen LogP contribution in [-0.4, -0.2) is 19.4 Å². The zero-order valence-corrected chi connectivity index (χ0v) is 25.7. The maximum Gasteiger partial charge on any atom is 0.508 e. The summed E-state index contributed by atoms with van der Waals surface area (Å²) < 4.78 is 10.4. The number of carbonyl (C=O) groups is 1. The third-order valence-electron chi connectivity index (χ3n) is 6.91. The monoisotopic (exact) mass is 532 g/mol. The minimum Gasteiger partial charge on any atom is -0.434 e. The standard InChI is InChI=1S/C35H64O3/c1-4-5-6-7-8-9-10-11-12-13-14-17-20-23-26-29-32-37-35(36)38-33-30-27-24-21-18-15-16-19-22-25-28-31-34(2)3/h5-6,8-9,11-12,34H,4,7,10,13-33H2,1-3H3/b6-5-,9-8-,12-11-. The van der Waals surface area contributed by atoms with Crippen molar-refractivity contribution in [2.75, 3.05) is 13.2 Å². The van der Waals surface area contributed by atoms with E-state index in [2.05, 4.69) is 57.2 Å². The van der Waals surface area contributed by atoms with Crippen LogP contribution in [-0.2, 0) is 9.47 Å². The van der Waals surface area contributed by atoms with Crippen LogP contribution in [0.15, 0.2) is 36.5 Å². The second kappa shape index (κ2) is 31.7. The summed E-state index contributed by atoms with van der Waals surface area (Å²) >= 11 is 0. The van der Waals surface area contributed by atoms with Gasteiger partial charge in [-0.15, -0.1) is 0 Å². The van der Waals surface area contributed by atoms with Gasteiger partial charge in [0.1, 0.15) is 0 Å². The summed E-state index contributed by atoms with van der Waals surface area (Å²) in [7, 11) is 0. The quantitative estimate of drug-likeness (QED) is 0.0571. The van der Waals surface area contributed by atoms with E-state index in [0.29, 0.717) is 13.2 Å². The van der Waals surface area contributed by atoms with E-state index in [9.17, 15) is 4.79 Å². The van der Waals surface area contributed by atoms with Gasteiger partial charge in [-0.25, -0.2) is 4.79 Å². The van der Waals surface area contributed by atoms with Crippen LogP contribution in [0.2, 0.25) is 0 Å². The van der Waals surface area contributed by atoms with Gasteiger partial charge in [-0.1, -0.05) is 154 Å². The molecule has 0 amide bonds. The molecule has 0 aromatic carbocycles. The molecule has 0 aromatic rings. The molecular formula is C35H64O3. The van der Waals surface area contributed by atoms with E-state index in [1.807, 2.05) is 0 Å². The molecular weight excluding hydrogens is 468 g/mol. The highest BCUT2D eigenvalue weighted by atomic mass is 16.7. The second-order valence-corrected chi connectivity index (χ2v) is 11.2. The Hall–Kier alpha value is -1.51. The third-order valence-corrected chi connectivity index (χ3v) is 6.91. The smallest absolute Gasteiger partial charge is 0.434 e. The molecule has 0 saturated heterocycles. The fourth-order valence-electron chi connectivity index (χ4n) is 4.50. The zero-order valence-electron chi connectivity index (χ0n) is 25.7. The maximum atomic E-state index is 11.7. The maximum absolute atomic E-state index is 11.7. The van der Waals surface area contributed by atoms with Crippen molar-refractivity contribution in [3.63, 3.8) is 0 Å². The van der Waals surface area contributed by atoms with Crippen molar-refractivity contribution in [1.29, 1.82) is 0 Å². The fourth-order valence-corrected chi connectivity index (χ4v) is 4.50. The summed E-state index contributed by atoms with van der Waals surface area (Å²) in [5.41, 5.74) is 0. The van der Waals surface area contributed by atoms with Crippen LogP contribution >= 0.6 is 0 Å². The van der Waals surface area contributed by atoms with Gasteiger partial charge in [-0.2, -0.15) is 0 Å². The summed E-state index contributed by atoms with van der Waals surface area (Å²) in [5, 5.41) is 0. The van der Waals surface area contributed by atoms with E-state index < -0.39 is 6.16 Å². The van der Waals surface area contributed by atoms with Gasteiger partial charge in [0.25, 0.3) is 0 Å². The van der Waals surface area contributed by atoms with Crippen LogP contribution in [0.1, 0.15) is 162 Å². The Bertz CT molecular complexity index is 562. The van der Waals surface area contributed by atoms with Crippen LogP contribution < -0.4 is 0 Å². The highest BCUT2D eigenvalue weighted by molar-refractivity contribution is 5.59. The first-order valence-corrected chi connectivity index (χ1v) is 16.4. The lowest BCUT2D eigenvalue weighted by Crippen LogP contribution is -2.09. The molecule has 0 heterocycles. The normalized spacial score (nSPS) is 12.0. The summed E-state index contributed by atoms with van der Waals surface area (Å²) in [4.78, 5) is 11.7. The lowest BCUT2D eigenvalue weighted by atomic mass is 10.0. The van der Waals surface area contributed by atoms with E-state index >= 15 is 0 Å². The number of ether oxygens (including phenoxy) is 2. The molecule has 0 rings (SSSR count). The van der Waals surface area contributed by atoms with Gasteiger partial charge in [0.05, 0.1) is 13.2 Å². The molecule has 0 aliphatic carbocycles. The van der Waals surface area contributed by atoms with Crippen LogP contribution in [0, 0.1) is 5.92 Å². The molecule has 38 heavy (non-hydrogen) atoms. The van der Waals surface area contributed by atoms with E-state index in [-0.39, 0.29) is 0 Å². The summed E-state index contributed by atoms with van der Waals surface area (Å²) in [6, 6.07) is 0. The highest BCUT2D eigenvalue weighted by Crippen LogP contribution is 2.14. The highest BCUT2D eigenvalue weighted by Gasteiger charge is 2.03. The molecule has 0 saturated carbocycles. The van der Waals surface area contributed by atoms with Gasteiger partial charge < -0.3 is 9.47 Å². The predicted molar refractivity (Wildman–Crippen MR) is 167 cm³/mol. The zero-order chi connectivity index (χ0) is 27.8. The Morgan fingerprint density at radius 2 is 0.921 bits per heavy atom. The van der Waals surface area contributed by atoms with Crippen molar-refractivity contribution in [3.05, 3.63) is 36.5 Å². The third kappa shape index (κ3) is 32.5. The molecule has 0 N–H and O–H groups in total. The van der Waals surface area contributed by atoms with Gasteiger partial charge in [0.15, 0.2) is 0 Å². The van der Waals surface area contributed by atoms with Crippen LogP contribution in [0.3, 0.4) is 0 Å². The summed E-state index contributed by atoms with van der Waals surface area (Å²) in [6.45, 7) is 7.78. The first-order valence-electron chi connectivity index (χ1n) is 16.4. The largest absolute Gasteiger partial charge is 0.508 e. The Morgan fingerprint density at radius 3 is 1.39 bits per heavy atom. The SMILES string of the molecule is CC/C=C\C/C=C\C/C=C\CCCCCCCCOC(=O)OCCCCCCCCCCCCCC(C)C. The van der Waals surface area contributed by atoms with Crippen molar-refractivity contribution >= 4 is 6.16 Å². The first kappa shape index (κ1) is 36.5. The Morgan fingerprint density at radius 1 is 0.526 bits per heavy atom. The minimum atomic E-state index is -0.488. The lowest BCUT2D eigenvalue weighted by molar-refractivity contribution is 0.0529. The van der Waals surface area contributed by atoms with Crippen molar-refractivity contribution in [3.8, 4) is 0 Å². The molecule has 0 aromatic heterocycles. The molecule has 0 radical (unpaired) electrons. The molecule has 3 heteroatoms. The van der Waals surface area contributed by atoms with Gasteiger partial charge in [-0.3, -0.25) is 0 Å². The fraction of sp³-hybridized carbons (Fsp3) is 0.800. The van der Waals surface area contributed by atoms with E-state index in [1.165, 1.54) is 96.3 Å².